The number of hydrogen-bond donors (Lipinski definition) is 2. The number of benzene rings is 2. The van der Waals surface area contributed by atoms with Crippen molar-refractivity contribution < 1.29 is 23.9 Å². The predicted molar refractivity (Wildman–Crippen MR) is 96.4 cm³/mol. The van der Waals surface area contributed by atoms with Crippen LogP contribution in [-0.4, -0.2) is 38.0 Å². The number of carbonyl (C=O) groups excluding carboxylic acids is 3. The number of carbonyl (C=O) groups is 3. The molecule has 136 valence electrons. The smallest absolute Gasteiger partial charge is 0.344 e. The maximum Gasteiger partial charge on any atom is 0.344 e. The molecule has 2 N–H and O–H groups in total. The molecule has 0 aromatic heterocycles. The fourth-order valence-electron chi connectivity index (χ4n) is 1.97. The van der Waals surface area contributed by atoms with Gasteiger partial charge in [0, 0.05) is 23.3 Å². The van der Waals surface area contributed by atoms with E-state index >= 15 is 0 Å². The summed E-state index contributed by atoms with van der Waals surface area (Å²) in [5, 5.41) is 5.51. The molecule has 0 bridgehead atoms. The van der Waals surface area contributed by atoms with Gasteiger partial charge in [-0.05, 0) is 36.4 Å². The van der Waals surface area contributed by atoms with E-state index in [-0.39, 0.29) is 12.5 Å². The van der Waals surface area contributed by atoms with Crippen LogP contribution in [0.3, 0.4) is 0 Å². The van der Waals surface area contributed by atoms with Crippen molar-refractivity contribution in [3.63, 3.8) is 0 Å². The molecular weight excluding hydrogens is 360 g/mol. The Morgan fingerprint density at radius 2 is 1.81 bits per heavy atom. The number of rotatable bonds is 7. The van der Waals surface area contributed by atoms with Crippen LogP contribution in [0.4, 0.5) is 5.69 Å². The summed E-state index contributed by atoms with van der Waals surface area (Å²) in [6, 6.07) is 12.9. The topological polar surface area (TPSA) is 93.7 Å². The molecule has 2 aromatic rings. The average Bonchev–Trinajstić information content (AvgIpc) is 2.64. The Morgan fingerprint density at radius 3 is 2.54 bits per heavy atom. The van der Waals surface area contributed by atoms with Crippen LogP contribution in [0.15, 0.2) is 48.5 Å². The molecule has 26 heavy (non-hydrogen) atoms. The van der Waals surface area contributed by atoms with Gasteiger partial charge in [0.15, 0.2) is 13.2 Å². The second-order valence-electron chi connectivity index (χ2n) is 5.11. The van der Waals surface area contributed by atoms with Gasteiger partial charge in [-0.3, -0.25) is 9.59 Å². The van der Waals surface area contributed by atoms with Crippen molar-refractivity contribution in [2.24, 2.45) is 0 Å². The van der Waals surface area contributed by atoms with E-state index in [0.29, 0.717) is 22.0 Å². The van der Waals surface area contributed by atoms with Gasteiger partial charge in [-0.1, -0.05) is 23.7 Å². The second kappa shape index (κ2) is 9.43. The zero-order valence-electron chi connectivity index (χ0n) is 14.0. The van der Waals surface area contributed by atoms with E-state index < -0.39 is 18.5 Å². The van der Waals surface area contributed by atoms with Gasteiger partial charge in [-0.2, -0.15) is 0 Å². The lowest BCUT2D eigenvalue weighted by Gasteiger charge is -2.09. The van der Waals surface area contributed by atoms with Crippen LogP contribution in [0.25, 0.3) is 0 Å². The number of ether oxygens (including phenoxy) is 2. The highest BCUT2D eigenvalue weighted by molar-refractivity contribution is 6.30. The normalized spacial score (nSPS) is 9.92. The molecule has 2 rings (SSSR count). The molecular formula is C18H17ClN2O5. The fourth-order valence-corrected chi connectivity index (χ4v) is 2.15. The first-order chi connectivity index (χ1) is 12.5. The Balaban J connectivity index is 1.77. The standard InChI is InChI=1S/C18H17ClN2O5/c1-20-18(24)12-4-2-6-14(8-12)21-16(22)10-26-17(23)11-25-15-7-3-5-13(19)9-15/h2-9H,10-11H2,1H3,(H,20,24)(H,21,22). The van der Waals surface area contributed by atoms with Crippen molar-refractivity contribution in [2.45, 2.75) is 0 Å². The third kappa shape index (κ3) is 6.10. The van der Waals surface area contributed by atoms with Crippen LogP contribution in [0.1, 0.15) is 10.4 Å². The summed E-state index contributed by atoms with van der Waals surface area (Å²) in [6.45, 7) is -0.818. The summed E-state index contributed by atoms with van der Waals surface area (Å²) in [5.74, 6) is -1.08. The van der Waals surface area contributed by atoms with Crippen molar-refractivity contribution in [1.82, 2.24) is 5.32 Å². The first-order valence-corrected chi connectivity index (χ1v) is 8.01. The molecule has 0 spiro atoms. The summed E-state index contributed by atoms with van der Waals surface area (Å²) in [6.07, 6.45) is 0. The van der Waals surface area contributed by atoms with Gasteiger partial charge in [-0.15, -0.1) is 0 Å². The third-order valence-electron chi connectivity index (χ3n) is 3.15. The van der Waals surface area contributed by atoms with Gasteiger partial charge in [0.25, 0.3) is 11.8 Å². The molecule has 0 heterocycles. The van der Waals surface area contributed by atoms with Crippen LogP contribution in [-0.2, 0) is 14.3 Å². The Bertz CT molecular complexity index is 810. The number of anilines is 1. The van der Waals surface area contributed by atoms with Gasteiger partial charge in [0.1, 0.15) is 5.75 Å². The van der Waals surface area contributed by atoms with E-state index in [1.165, 1.54) is 13.1 Å². The molecule has 0 fully saturated rings. The van der Waals surface area contributed by atoms with Crippen LogP contribution in [0.2, 0.25) is 5.02 Å². The zero-order valence-corrected chi connectivity index (χ0v) is 14.7. The molecule has 2 aromatic carbocycles. The van der Waals surface area contributed by atoms with Crippen molar-refractivity contribution in [3.8, 4) is 5.75 Å². The van der Waals surface area contributed by atoms with Crippen molar-refractivity contribution in [3.05, 3.63) is 59.1 Å². The fraction of sp³-hybridized carbons (Fsp3) is 0.167. The number of hydrogen-bond acceptors (Lipinski definition) is 5. The molecule has 2 amide bonds. The highest BCUT2D eigenvalue weighted by Gasteiger charge is 2.10. The highest BCUT2D eigenvalue weighted by atomic mass is 35.5. The highest BCUT2D eigenvalue weighted by Crippen LogP contribution is 2.17. The summed E-state index contributed by atoms with van der Waals surface area (Å²) in [4.78, 5) is 35.0. The van der Waals surface area contributed by atoms with E-state index in [1.54, 1.807) is 42.5 Å². The third-order valence-corrected chi connectivity index (χ3v) is 3.39. The lowest BCUT2D eigenvalue weighted by Crippen LogP contribution is -2.24. The van der Waals surface area contributed by atoms with E-state index in [0.717, 1.165) is 0 Å². The van der Waals surface area contributed by atoms with Crippen LogP contribution in [0, 0.1) is 0 Å². The quantitative estimate of drug-likeness (QED) is 0.723. The van der Waals surface area contributed by atoms with Gasteiger partial charge < -0.3 is 20.1 Å². The Morgan fingerprint density at radius 1 is 1.04 bits per heavy atom. The number of halogens is 1. The van der Waals surface area contributed by atoms with Crippen molar-refractivity contribution in [2.75, 3.05) is 25.6 Å². The minimum Gasteiger partial charge on any atom is -0.482 e. The van der Waals surface area contributed by atoms with Crippen molar-refractivity contribution >= 4 is 35.1 Å². The van der Waals surface area contributed by atoms with E-state index in [2.05, 4.69) is 10.6 Å². The maximum atomic E-state index is 11.8. The summed E-state index contributed by atoms with van der Waals surface area (Å²) < 4.78 is 10.1. The molecule has 0 saturated heterocycles. The summed E-state index contributed by atoms with van der Waals surface area (Å²) in [7, 11) is 1.51. The number of amides is 2. The number of esters is 1. The largest absolute Gasteiger partial charge is 0.482 e. The minimum absolute atomic E-state index is 0.273. The molecule has 0 radical (unpaired) electrons. The molecule has 8 heteroatoms. The SMILES string of the molecule is CNC(=O)c1cccc(NC(=O)COC(=O)COc2cccc(Cl)c2)c1. The predicted octanol–water partition coefficient (Wildman–Crippen LogP) is 2.26. The first kappa shape index (κ1) is 19.3. The Kier molecular flexibility index (Phi) is 6.99. The van der Waals surface area contributed by atoms with Gasteiger partial charge >= 0.3 is 5.97 Å². The van der Waals surface area contributed by atoms with Gasteiger partial charge in [0.05, 0.1) is 0 Å². The lowest BCUT2D eigenvalue weighted by molar-refractivity contribution is -0.149. The molecule has 0 atom stereocenters. The minimum atomic E-state index is -0.695. The molecule has 0 aliphatic heterocycles. The molecule has 0 aliphatic rings. The lowest BCUT2D eigenvalue weighted by atomic mass is 10.2. The van der Waals surface area contributed by atoms with E-state index in [9.17, 15) is 14.4 Å². The molecule has 0 unspecified atom stereocenters. The zero-order chi connectivity index (χ0) is 18.9. The van der Waals surface area contributed by atoms with Crippen LogP contribution >= 0.6 is 11.6 Å². The van der Waals surface area contributed by atoms with Crippen LogP contribution < -0.4 is 15.4 Å². The summed E-state index contributed by atoms with van der Waals surface area (Å²) >= 11 is 5.81. The molecule has 0 aliphatic carbocycles. The maximum absolute atomic E-state index is 11.8. The van der Waals surface area contributed by atoms with Crippen molar-refractivity contribution in [1.29, 1.82) is 0 Å². The average molecular weight is 377 g/mol. The monoisotopic (exact) mass is 376 g/mol. The molecule has 7 nitrogen and oxygen atoms in total. The summed E-state index contributed by atoms with van der Waals surface area (Å²) in [5.41, 5.74) is 0.819. The van der Waals surface area contributed by atoms with Gasteiger partial charge in [0.2, 0.25) is 0 Å². The Labute approximate surface area is 155 Å². The first-order valence-electron chi connectivity index (χ1n) is 7.64. The van der Waals surface area contributed by atoms with E-state index in [4.69, 9.17) is 21.1 Å². The van der Waals surface area contributed by atoms with Crippen LogP contribution in [0.5, 0.6) is 5.75 Å². The van der Waals surface area contributed by atoms with Gasteiger partial charge in [-0.25, -0.2) is 4.79 Å². The second-order valence-corrected chi connectivity index (χ2v) is 5.55. The number of nitrogens with one attached hydrogen (secondary N) is 2. The Hall–Kier alpha value is -3.06. The van der Waals surface area contributed by atoms with E-state index in [1.807, 2.05) is 0 Å². The molecule has 0 saturated carbocycles.